The summed E-state index contributed by atoms with van der Waals surface area (Å²) in [5.41, 5.74) is 10.2. The zero-order valence-electron chi connectivity index (χ0n) is 28.1. The molecule has 8 aromatic carbocycles. The lowest BCUT2D eigenvalue weighted by molar-refractivity contribution is 0.824. The molecule has 8 rings (SSSR count). The smallest absolute Gasteiger partial charge is 0.0112 e. The van der Waals surface area contributed by atoms with Gasteiger partial charge in [0.1, 0.15) is 0 Å². The van der Waals surface area contributed by atoms with E-state index < -0.39 is 0 Å². The molecule has 1 unspecified atom stereocenters. The topological polar surface area (TPSA) is 31.5 Å². The highest BCUT2D eigenvalue weighted by molar-refractivity contribution is 7.28. The maximum atomic E-state index is 2.76. The second-order valence-electron chi connectivity index (χ2n) is 11.1. The highest BCUT2D eigenvalue weighted by Crippen LogP contribution is 2.20. The molecule has 0 bridgehead atoms. The number of benzene rings is 8. The molecule has 0 aromatic heterocycles. The van der Waals surface area contributed by atoms with Crippen LogP contribution in [0.1, 0.15) is 0 Å². The minimum atomic E-state index is 0. The van der Waals surface area contributed by atoms with Crippen molar-refractivity contribution in [1.82, 2.24) is 0 Å². The Bertz CT molecular complexity index is 1730. The van der Waals surface area contributed by atoms with Crippen molar-refractivity contribution in [1.29, 1.82) is 0 Å². The Morgan fingerprint density at radius 2 is 0.380 bits per heavy atom. The molecule has 0 fully saturated rings. The van der Waals surface area contributed by atoms with Crippen molar-refractivity contribution in [3.63, 3.8) is 0 Å². The van der Waals surface area contributed by atoms with E-state index in [1.165, 1.54) is 49.8 Å². The first kappa shape index (κ1) is 37.0. The summed E-state index contributed by atoms with van der Waals surface area (Å²) in [4.78, 5) is 0. The summed E-state index contributed by atoms with van der Waals surface area (Å²) >= 11 is 0. The van der Waals surface area contributed by atoms with Gasteiger partial charge in [0.25, 0.3) is 0 Å². The van der Waals surface area contributed by atoms with Crippen molar-refractivity contribution in [2.75, 3.05) is 0 Å². The summed E-state index contributed by atoms with van der Waals surface area (Å²) in [7, 11) is 2.76. The van der Waals surface area contributed by atoms with Crippen LogP contribution in [-0.4, -0.2) is 5.48 Å². The minimum absolute atomic E-state index is 0. The Kier molecular flexibility index (Phi) is 15.7. The van der Waals surface area contributed by atoms with Gasteiger partial charge >= 0.3 is 0 Å². The van der Waals surface area contributed by atoms with E-state index in [1.807, 2.05) is 42.5 Å². The first-order valence-electron chi connectivity index (χ1n) is 16.5. The van der Waals surface area contributed by atoms with Crippen LogP contribution in [0.25, 0.3) is 44.5 Å². The molecule has 0 spiro atoms. The fourth-order valence-electron chi connectivity index (χ4n) is 5.16. The molecule has 50 heavy (non-hydrogen) atoms. The van der Waals surface area contributed by atoms with Gasteiger partial charge in [-0.05, 0) is 49.8 Å². The van der Waals surface area contributed by atoms with Gasteiger partial charge in [-0.15, -0.1) is 9.24 Å². The summed E-state index contributed by atoms with van der Waals surface area (Å²) in [6, 6.07) is 81.1. The predicted octanol–water partition coefficient (Wildman–Crippen LogP) is 12.1. The van der Waals surface area contributed by atoms with Crippen LogP contribution in [0, 0.1) is 0 Å². The predicted molar refractivity (Wildman–Crippen MR) is 220 cm³/mol. The highest BCUT2D eigenvalue weighted by atomic mass is 31.0. The maximum Gasteiger partial charge on any atom is -0.0112 e. The first-order chi connectivity index (χ1) is 24.3. The van der Waals surface area contributed by atoms with E-state index in [2.05, 4.69) is 203 Å². The molecule has 2 heteroatoms. The lowest BCUT2D eigenvalue weighted by Crippen LogP contribution is -1.94. The van der Waals surface area contributed by atoms with Crippen molar-refractivity contribution in [3.8, 4) is 44.5 Å². The molecular formula is C48H43OP. The molecule has 0 saturated carbocycles. The Labute approximate surface area is 300 Å². The van der Waals surface area contributed by atoms with Crippen LogP contribution in [0.5, 0.6) is 0 Å². The normalized spacial score (nSPS) is 9.54. The molecule has 1 atom stereocenters. The van der Waals surface area contributed by atoms with Crippen molar-refractivity contribution >= 4 is 14.5 Å². The second kappa shape index (κ2) is 21.2. The second-order valence-corrected chi connectivity index (χ2v) is 11.8. The van der Waals surface area contributed by atoms with Crippen LogP contribution in [-0.2, 0) is 0 Å². The van der Waals surface area contributed by atoms with E-state index in [1.54, 1.807) is 0 Å². The van der Waals surface area contributed by atoms with E-state index in [0.29, 0.717) is 0 Å². The third-order valence-electron chi connectivity index (χ3n) is 7.69. The number of rotatable bonds is 4. The van der Waals surface area contributed by atoms with E-state index in [0.717, 1.165) is 0 Å². The van der Waals surface area contributed by atoms with Crippen molar-refractivity contribution < 1.29 is 5.48 Å². The van der Waals surface area contributed by atoms with Gasteiger partial charge in [0.2, 0.25) is 0 Å². The zero-order valence-corrected chi connectivity index (χ0v) is 29.2. The summed E-state index contributed by atoms with van der Waals surface area (Å²) < 4.78 is 0. The van der Waals surface area contributed by atoms with Crippen LogP contribution >= 0.6 is 9.24 Å². The van der Waals surface area contributed by atoms with Crippen LogP contribution in [0.15, 0.2) is 237 Å². The quantitative estimate of drug-likeness (QED) is 0.167. The molecule has 0 heterocycles. The molecule has 0 saturated heterocycles. The Morgan fingerprint density at radius 1 is 0.200 bits per heavy atom. The first-order valence-corrected chi connectivity index (χ1v) is 17.1. The largest absolute Gasteiger partial charge is 0.412 e. The Hall–Kier alpha value is -5.85. The van der Waals surface area contributed by atoms with Gasteiger partial charge in [-0.1, -0.05) is 237 Å². The number of hydrogen-bond acceptors (Lipinski definition) is 0. The maximum absolute atomic E-state index is 2.76. The third-order valence-corrected chi connectivity index (χ3v) is 8.19. The Balaban J connectivity index is 0.000000149. The van der Waals surface area contributed by atoms with Crippen molar-refractivity contribution in [2.24, 2.45) is 0 Å². The summed E-state index contributed by atoms with van der Waals surface area (Å²) in [5.74, 6) is 0. The van der Waals surface area contributed by atoms with Gasteiger partial charge in [-0.2, -0.15) is 0 Å². The lowest BCUT2D eigenvalue weighted by Gasteiger charge is -2.03. The van der Waals surface area contributed by atoms with Crippen LogP contribution in [0.4, 0.5) is 0 Å². The van der Waals surface area contributed by atoms with E-state index in [-0.39, 0.29) is 5.48 Å². The molecule has 246 valence electrons. The molecule has 8 aromatic rings. The van der Waals surface area contributed by atoms with Gasteiger partial charge in [-0.25, -0.2) is 0 Å². The number of hydrogen-bond donors (Lipinski definition) is 0. The van der Waals surface area contributed by atoms with Gasteiger partial charge in [0.05, 0.1) is 0 Å². The molecular weight excluding hydrogens is 624 g/mol. The zero-order chi connectivity index (χ0) is 33.8. The minimum Gasteiger partial charge on any atom is -0.412 e. The molecule has 0 amide bonds. The molecule has 0 aliphatic heterocycles. The fourth-order valence-corrected chi connectivity index (χ4v) is 5.54. The van der Waals surface area contributed by atoms with Gasteiger partial charge in [0, 0.05) is 0 Å². The molecule has 1 nitrogen and oxygen atoms in total. The lowest BCUT2D eigenvalue weighted by atomic mass is 10.1. The van der Waals surface area contributed by atoms with E-state index >= 15 is 0 Å². The Morgan fingerprint density at radius 3 is 0.600 bits per heavy atom. The monoisotopic (exact) mass is 666 g/mol. The van der Waals surface area contributed by atoms with Crippen LogP contribution in [0.3, 0.4) is 0 Å². The van der Waals surface area contributed by atoms with Crippen molar-refractivity contribution in [3.05, 3.63) is 237 Å². The average Bonchev–Trinajstić information content (AvgIpc) is 3.21. The molecule has 2 N–H and O–H groups in total. The summed E-state index contributed by atoms with van der Waals surface area (Å²) in [5, 5.41) is 1.24. The SMILES string of the molecule is O.Pc1ccccc1-c1ccccc1.c1ccc(-c2ccccc2)cc1.c1ccc(-c2ccccc2)cc1.c1ccc(-c2ccccc2)cc1. The third kappa shape index (κ3) is 12.0. The molecule has 0 aliphatic rings. The molecule has 0 radical (unpaired) electrons. The highest BCUT2D eigenvalue weighted by Gasteiger charge is 1.98. The fraction of sp³-hybridized carbons (Fsp3) is 0. The standard InChI is InChI=1S/C12H11P.3C12H10.H2O/c13-12-9-5-4-8-11(12)10-6-2-1-3-7-10;3*1-3-7-11(8-4-1)12-9-5-2-6-10-12;/h1-9H,13H2;3*1-10H;1H2. The average molecular weight is 667 g/mol. The van der Waals surface area contributed by atoms with Gasteiger partial charge in [-0.3, -0.25) is 0 Å². The molecule has 0 aliphatic carbocycles. The summed E-state index contributed by atoms with van der Waals surface area (Å²) in [6.07, 6.45) is 0. The van der Waals surface area contributed by atoms with Gasteiger partial charge < -0.3 is 5.48 Å². The van der Waals surface area contributed by atoms with E-state index in [9.17, 15) is 0 Å². The van der Waals surface area contributed by atoms with E-state index in [4.69, 9.17) is 0 Å². The summed E-state index contributed by atoms with van der Waals surface area (Å²) in [6.45, 7) is 0. The van der Waals surface area contributed by atoms with Crippen LogP contribution < -0.4 is 5.30 Å². The van der Waals surface area contributed by atoms with Crippen molar-refractivity contribution in [2.45, 2.75) is 0 Å². The van der Waals surface area contributed by atoms with Gasteiger partial charge in [0.15, 0.2) is 0 Å². The van der Waals surface area contributed by atoms with Crippen LogP contribution in [0.2, 0.25) is 0 Å².